The molecule has 26 heavy (non-hydrogen) atoms. The second-order valence-corrected chi connectivity index (χ2v) is 8.30. The first-order valence-electron chi connectivity index (χ1n) is 9.24. The molecule has 2 atom stereocenters. The van der Waals surface area contributed by atoms with Gasteiger partial charge >= 0.3 is 0 Å². The zero-order chi connectivity index (χ0) is 17.5. The van der Waals surface area contributed by atoms with E-state index in [1.165, 1.54) is 24.8 Å². The topological polar surface area (TPSA) is 54.0 Å². The summed E-state index contributed by atoms with van der Waals surface area (Å²) in [4.78, 5) is 16.9. The number of carbonyl (C=O) groups excluding carboxylic acids is 1. The Morgan fingerprint density at radius 3 is 3.00 bits per heavy atom. The molecule has 0 unspecified atom stereocenters. The Labute approximate surface area is 156 Å². The highest BCUT2D eigenvalue weighted by Crippen LogP contribution is 2.41. The fourth-order valence-electron chi connectivity index (χ4n) is 3.48. The van der Waals surface area contributed by atoms with Gasteiger partial charge in [0.1, 0.15) is 0 Å². The first-order chi connectivity index (χ1) is 12.8. The minimum Gasteiger partial charge on any atom is -0.322 e. The van der Waals surface area contributed by atoms with E-state index in [0.29, 0.717) is 12.0 Å². The number of amides is 1. The van der Waals surface area contributed by atoms with Crippen molar-refractivity contribution in [3.05, 3.63) is 59.1 Å². The molecule has 2 aliphatic carbocycles. The van der Waals surface area contributed by atoms with Gasteiger partial charge in [0.05, 0.1) is 15.7 Å². The van der Waals surface area contributed by atoms with Crippen LogP contribution in [0.15, 0.2) is 48.0 Å². The SMILES string of the molecule is O=C(Nc1ccc2ncsc2c1)c1cccc([C@@H]2C[C@H]2NCC2CC2)c1. The smallest absolute Gasteiger partial charge is 0.255 e. The van der Waals surface area contributed by atoms with Gasteiger partial charge in [-0.25, -0.2) is 4.98 Å². The van der Waals surface area contributed by atoms with E-state index in [0.717, 1.165) is 33.9 Å². The van der Waals surface area contributed by atoms with Crippen molar-refractivity contribution in [2.24, 2.45) is 5.92 Å². The van der Waals surface area contributed by atoms with Crippen molar-refractivity contribution in [1.29, 1.82) is 0 Å². The van der Waals surface area contributed by atoms with E-state index in [1.807, 2.05) is 41.9 Å². The van der Waals surface area contributed by atoms with Crippen molar-refractivity contribution in [3.63, 3.8) is 0 Å². The molecule has 5 rings (SSSR count). The Morgan fingerprint density at radius 2 is 2.12 bits per heavy atom. The molecule has 5 heteroatoms. The molecule has 1 heterocycles. The minimum absolute atomic E-state index is 0.0566. The van der Waals surface area contributed by atoms with Crippen molar-refractivity contribution in [2.75, 3.05) is 11.9 Å². The lowest BCUT2D eigenvalue weighted by atomic mass is 10.1. The van der Waals surface area contributed by atoms with Gasteiger partial charge in [-0.1, -0.05) is 12.1 Å². The maximum Gasteiger partial charge on any atom is 0.255 e. The number of carbonyl (C=O) groups is 1. The summed E-state index contributed by atoms with van der Waals surface area (Å²) >= 11 is 1.58. The van der Waals surface area contributed by atoms with Gasteiger partial charge < -0.3 is 10.6 Å². The number of hydrogen-bond donors (Lipinski definition) is 2. The van der Waals surface area contributed by atoms with E-state index in [-0.39, 0.29) is 5.91 Å². The van der Waals surface area contributed by atoms with Gasteiger partial charge in [0.25, 0.3) is 5.91 Å². The zero-order valence-corrected chi connectivity index (χ0v) is 15.3. The number of thiazole rings is 1. The highest BCUT2D eigenvalue weighted by atomic mass is 32.1. The predicted octanol–water partition coefficient (Wildman–Crippen LogP) is 4.40. The first-order valence-corrected chi connectivity index (χ1v) is 10.1. The molecule has 0 radical (unpaired) electrons. The third-order valence-electron chi connectivity index (χ3n) is 5.32. The van der Waals surface area contributed by atoms with Gasteiger partial charge in [0.2, 0.25) is 0 Å². The van der Waals surface area contributed by atoms with Gasteiger partial charge in [-0.05, 0) is 67.6 Å². The van der Waals surface area contributed by atoms with E-state index >= 15 is 0 Å². The van der Waals surface area contributed by atoms with Crippen molar-refractivity contribution in [2.45, 2.75) is 31.2 Å². The number of anilines is 1. The van der Waals surface area contributed by atoms with Crippen molar-refractivity contribution in [3.8, 4) is 0 Å². The summed E-state index contributed by atoms with van der Waals surface area (Å²) < 4.78 is 1.08. The van der Waals surface area contributed by atoms with Crippen LogP contribution in [0, 0.1) is 5.92 Å². The van der Waals surface area contributed by atoms with Crippen LogP contribution in [0.5, 0.6) is 0 Å². The van der Waals surface area contributed by atoms with E-state index in [1.54, 1.807) is 11.3 Å². The molecule has 2 saturated carbocycles. The fourth-order valence-corrected chi connectivity index (χ4v) is 4.19. The van der Waals surface area contributed by atoms with Gasteiger partial charge in [-0.3, -0.25) is 4.79 Å². The van der Waals surface area contributed by atoms with Crippen LogP contribution >= 0.6 is 11.3 Å². The molecule has 0 spiro atoms. The second kappa shape index (κ2) is 6.49. The lowest BCUT2D eigenvalue weighted by Crippen LogP contribution is -2.20. The Balaban J connectivity index is 1.26. The molecule has 1 aromatic heterocycles. The summed E-state index contributed by atoms with van der Waals surface area (Å²) in [6, 6.07) is 14.5. The maximum atomic E-state index is 12.6. The van der Waals surface area contributed by atoms with E-state index in [2.05, 4.69) is 21.7 Å². The summed E-state index contributed by atoms with van der Waals surface area (Å²) in [6.45, 7) is 1.15. The van der Waals surface area contributed by atoms with Gasteiger partial charge in [0, 0.05) is 23.2 Å². The largest absolute Gasteiger partial charge is 0.322 e. The number of benzene rings is 2. The van der Waals surface area contributed by atoms with Gasteiger partial charge in [-0.15, -0.1) is 11.3 Å². The number of rotatable bonds is 6. The molecular weight excluding hydrogens is 342 g/mol. The second-order valence-electron chi connectivity index (χ2n) is 7.41. The lowest BCUT2D eigenvalue weighted by molar-refractivity contribution is 0.102. The summed E-state index contributed by atoms with van der Waals surface area (Å²) in [5.41, 5.74) is 5.59. The summed E-state index contributed by atoms with van der Waals surface area (Å²) in [6.07, 6.45) is 3.95. The molecule has 4 nitrogen and oxygen atoms in total. The van der Waals surface area contributed by atoms with Crippen LogP contribution in [0.1, 0.15) is 41.1 Å². The Bertz CT molecular complexity index is 963. The van der Waals surface area contributed by atoms with Gasteiger partial charge in [0.15, 0.2) is 0 Å². The summed E-state index contributed by atoms with van der Waals surface area (Å²) in [5.74, 6) is 1.40. The highest BCUT2D eigenvalue weighted by molar-refractivity contribution is 7.16. The molecule has 3 aromatic rings. The van der Waals surface area contributed by atoms with Gasteiger partial charge in [-0.2, -0.15) is 0 Å². The van der Waals surface area contributed by atoms with Crippen molar-refractivity contribution < 1.29 is 4.79 Å². The average Bonchev–Trinajstić information content (AvgIpc) is 3.57. The molecule has 2 aliphatic rings. The lowest BCUT2D eigenvalue weighted by Gasteiger charge is -2.08. The van der Waals surface area contributed by atoms with Crippen LogP contribution in [0.2, 0.25) is 0 Å². The van der Waals surface area contributed by atoms with Crippen LogP contribution in [-0.4, -0.2) is 23.5 Å². The third-order valence-corrected chi connectivity index (χ3v) is 6.11. The molecular formula is C21H21N3OS. The van der Waals surface area contributed by atoms with Crippen LogP contribution in [0.3, 0.4) is 0 Å². The van der Waals surface area contributed by atoms with Crippen LogP contribution in [0.4, 0.5) is 5.69 Å². The standard InChI is InChI=1S/C21H21N3OS/c25-21(24-16-6-7-18-20(9-16)26-12-23-18)15-3-1-2-14(8-15)17-10-19(17)22-11-13-4-5-13/h1-3,6-9,12-13,17,19,22H,4-5,10-11H2,(H,24,25)/t17-,19+/m0/s1. The zero-order valence-electron chi connectivity index (χ0n) is 14.4. The van der Waals surface area contributed by atoms with Crippen LogP contribution in [-0.2, 0) is 0 Å². The normalized spacial score (nSPS) is 21.7. The van der Waals surface area contributed by atoms with Crippen LogP contribution < -0.4 is 10.6 Å². The molecule has 0 aliphatic heterocycles. The molecule has 2 aromatic carbocycles. The molecule has 1 amide bonds. The summed E-state index contributed by atoms with van der Waals surface area (Å²) in [7, 11) is 0. The Hall–Kier alpha value is -2.24. The molecule has 0 bridgehead atoms. The average molecular weight is 363 g/mol. The number of nitrogens with one attached hydrogen (secondary N) is 2. The molecule has 2 fully saturated rings. The van der Waals surface area contributed by atoms with E-state index < -0.39 is 0 Å². The van der Waals surface area contributed by atoms with Crippen molar-refractivity contribution >= 4 is 33.1 Å². The third kappa shape index (κ3) is 3.37. The number of nitrogens with zero attached hydrogens (tertiary/aromatic N) is 1. The molecule has 2 N–H and O–H groups in total. The maximum absolute atomic E-state index is 12.6. The van der Waals surface area contributed by atoms with E-state index in [4.69, 9.17) is 0 Å². The first kappa shape index (κ1) is 16.0. The van der Waals surface area contributed by atoms with Crippen LogP contribution in [0.25, 0.3) is 10.2 Å². The molecule has 0 saturated heterocycles. The molecule has 132 valence electrons. The number of fused-ring (bicyclic) bond motifs is 1. The Morgan fingerprint density at radius 1 is 1.19 bits per heavy atom. The van der Waals surface area contributed by atoms with E-state index in [9.17, 15) is 4.79 Å². The highest BCUT2D eigenvalue weighted by Gasteiger charge is 2.39. The number of aromatic nitrogens is 1. The summed E-state index contributed by atoms with van der Waals surface area (Å²) in [5, 5.41) is 6.68. The fraction of sp³-hybridized carbons (Fsp3) is 0.333. The Kier molecular flexibility index (Phi) is 3.98. The quantitative estimate of drug-likeness (QED) is 0.682. The predicted molar refractivity (Wildman–Crippen MR) is 106 cm³/mol. The minimum atomic E-state index is -0.0566. The van der Waals surface area contributed by atoms with Crippen molar-refractivity contribution in [1.82, 2.24) is 10.3 Å². The monoisotopic (exact) mass is 363 g/mol. The number of hydrogen-bond acceptors (Lipinski definition) is 4.